The molecule has 0 bridgehead atoms. The fourth-order valence-corrected chi connectivity index (χ4v) is 1.95. The molecule has 5 nitrogen and oxygen atoms in total. The molecular formula is C8H15N3O2S. The Kier molecular flexibility index (Phi) is 3.65. The van der Waals surface area contributed by atoms with Gasteiger partial charge in [0, 0.05) is 12.7 Å². The number of imidazole rings is 1. The molecule has 0 saturated heterocycles. The molecule has 1 aromatic rings. The summed E-state index contributed by atoms with van der Waals surface area (Å²) in [6.07, 6.45) is 4.21. The van der Waals surface area contributed by atoms with Crippen LogP contribution in [0.15, 0.2) is 12.5 Å². The van der Waals surface area contributed by atoms with E-state index in [0.717, 1.165) is 18.7 Å². The van der Waals surface area contributed by atoms with Crippen LogP contribution in [0.4, 0.5) is 0 Å². The molecule has 0 aromatic carbocycles. The van der Waals surface area contributed by atoms with Crippen molar-refractivity contribution in [3.63, 3.8) is 0 Å². The van der Waals surface area contributed by atoms with Crippen molar-refractivity contribution in [3.05, 3.63) is 18.2 Å². The fraction of sp³-hybridized carbons (Fsp3) is 0.625. The average Bonchev–Trinajstić information content (AvgIpc) is 2.53. The van der Waals surface area contributed by atoms with Crippen LogP contribution in [0.25, 0.3) is 0 Å². The van der Waals surface area contributed by atoms with E-state index in [-0.39, 0.29) is 5.75 Å². The highest BCUT2D eigenvalue weighted by molar-refractivity contribution is 7.88. The van der Waals surface area contributed by atoms with Crippen molar-refractivity contribution in [3.8, 4) is 0 Å². The zero-order valence-electron chi connectivity index (χ0n) is 8.40. The van der Waals surface area contributed by atoms with E-state index in [1.165, 1.54) is 7.05 Å². The van der Waals surface area contributed by atoms with Gasteiger partial charge >= 0.3 is 0 Å². The molecule has 0 aliphatic heterocycles. The van der Waals surface area contributed by atoms with Gasteiger partial charge in [0.25, 0.3) is 0 Å². The number of aryl methyl sites for hydroxylation is 1. The molecule has 0 aliphatic rings. The molecule has 1 aromatic heterocycles. The fourth-order valence-electron chi connectivity index (χ4n) is 1.18. The predicted octanol–water partition coefficient (Wildman–Crippen LogP) is 0.342. The Morgan fingerprint density at radius 1 is 1.57 bits per heavy atom. The summed E-state index contributed by atoms with van der Waals surface area (Å²) in [6.45, 7) is 2.84. The van der Waals surface area contributed by atoms with Gasteiger partial charge in [-0.3, -0.25) is 0 Å². The third-order valence-corrected chi connectivity index (χ3v) is 3.21. The van der Waals surface area contributed by atoms with Gasteiger partial charge in [0.1, 0.15) is 5.75 Å². The van der Waals surface area contributed by atoms with Crippen LogP contribution in [0.5, 0.6) is 0 Å². The quantitative estimate of drug-likeness (QED) is 0.773. The first-order valence-corrected chi connectivity index (χ1v) is 6.14. The SMILES string of the molecule is CCCn1cncc1CS(=O)(=O)NC. The molecule has 1 N–H and O–H groups in total. The largest absolute Gasteiger partial charge is 0.334 e. The molecule has 1 rings (SSSR count). The van der Waals surface area contributed by atoms with E-state index in [2.05, 4.69) is 9.71 Å². The summed E-state index contributed by atoms with van der Waals surface area (Å²) in [5.74, 6) is -0.0104. The van der Waals surface area contributed by atoms with Crippen molar-refractivity contribution >= 4 is 10.0 Å². The number of sulfonamides is 1. The van der Waals surface area contributed by atoms with Gasteiger partial charge in [-0.15, -0.1) is 0 Å². The summed E-state index contributed by atoms with van der Waals surface area (Å²) in [5, 5.41) is 0. The Bertz CT molecular complexity index is 383. The highest BCUT2D eigenvalue weighted by Gasteiger charge is 2.11. The molecule has 14 heavy (non-hydrogen) atoms. The average molecular weight is 217 g/mol. The van der Waals surface area contributed by atoms with Crippen LogP contribution in [0.3, 0.4) is 0 Å². The highest BCUT2D eigenvalue weighted by atomic mass is 32.2. The first kappa shape index (κ1) is 11.2. The van der Waals surface area contributed by atoms with E-state index in [9.17, 15) is 8.42 Å². The topological polar surface area (TPSA) is 64.0 Å². The first-order valence-electron chi connectivity index (χ1n) is 4.49. The van der Waals surface area contributed by atoms with Crippen molar-refractivity contribution in [1.29, 1.82) is 0 Å². The molecule has 0 saturated carbocycles. The van der Waals surface area contributed by atoms with Crippen molar-refractivity contribution in [2.45, 2.75) is 25.6 Å². The van der Waals surface area contributed by atoms with Gasteiger partial charge in [0.05, 0.1) is 12.0 Å². The lowest BCUT2D eigenvalue weighted by Gasteiger charge is -2.06. The Morgan fingerprint density at radius 3 is 2.86 bits per heavy atom. The minimum Gasteiger partial charge on any atom is -0.334 e. The number of aromatic nitrogens is 2. The molecule has 0 unspecified atom stereocenters. The van der Waals surface area contributed by atoms with Crippen LogP contribution in [0.2, 0.25) is 0 Å². The molecule has 0 radical (unpaired) electrons. The standard InChI is InChI=1S/C8H15N3O2S/c1-3-4-11-7-10-5-8(11)6-14(12,13)9-2/h5,7,9H,3-4,6H2,1-2H3. The van der Waals surface area contributed by atoms with Crippen LogP contribution < -0.4 is 4.72 Å². The molecule has 0 fully saturated rings. The normalized spacial score (nSPS) is 11.9. The smallest absolute Gasteiger partial charge is 0.217 e. The van der Waals surface area contributed by atoms with Crippen LogP contribution in [-0.4, -0.2) is 25.0 Å². The minimum atomic E-state index is -3.19. The van der Waals surface area contributed by atoms with E-state index in [1.807, 2.05) is 11.5 Å². The number of nitrogens with one attached hydrogen (secondary N) is 1. The van der Waals surface area contributed by atoms with Gasteiger partial charge in [0.15, 0.2) is 0 Å². The molecule has 1 heterocycles. The zero-order chi connectivity index (χ0) is 10.6. The first-order chi connectivity index (χ1) is 6.59. The van der Waals surface area contributed by atoms with Crippen LogP contribution in [0.1, 0.15) is 19.0 Å². The minimum absolute atomic E-state index is 0.0104. The van der Waals surface area contributed by atoms with Gasteiger partial charge < -0.3 is 4.57 Å². The lowest BCUT2D eigenvalue weighted by Crippen LogP contribution is -2.21. The summed E-state index contributed by atoms with van der Waals surface area (Å²) < 4.78 is 26.7. The van der Waals surface area contributed by atoms with E-state index in [1.54, 1.807) is 12.5 Å². The van der Waals surface area contributed by atoms with Crippen LogP contribution >= 0.6 is 0 Å². The molecule has 80 valence electrons. The Labute approximate surface area is 84.2 Å². The van der Waals surface area contributed by atoms with Crippen LogP contribution in [-0.2, 0) is 22.3 Å². The Morgan fingerprint density at radius 2 is 2.29 bits per heavy atom. The van der Waals surface area contributed by atoms with E-state index in [0.29, 0.717) is 0 Å². The molecule has 0 spiro atoms. The molecule has 0 aliphatic carbocycles. The molecule has 0 atom stereocenters. The maximum absolute atomic E-state index is 11.3. The number of rotatable bonds is 5. The second kappa shape index (κ2) is 4.56. The van der Waals surface area contributed by atoms with Crippen molar-refractivity contribution in [2.24, 2.45) is 0 Å². The van der Waals surface area contributed by atoms with E-state index < -0.39 is 10.0 Å². The van der Waals surface area contributed by atoms with Gasteiger partial charge in [-0.2, -0.15) is 0 Å². The lowest BCUT2D eigenvalue weighted by molar-refractivity contribution is 0.582. The van der Waals surface area contributed by atoms with E-state index >= 15 is 0 Å². The maximum Gasteiger partial charge on any atom is 0.217 e. The maximum atomic E-state index is 11.3. The van der Waals surface area contributed by atoms with E-state index in [4.69, 9.17) is 0 Å². The predicted molar refractivity (Wildman–Crippen MR) is 54.2 cm³/mol. The van der Waals surface area contributed by atoms with Crippen molar-refractivity contribution < 1.29 is 8.42 Å². The third-order valence-electron chi connectivity index (χ3n) is 1.91. The monoisotopic (exact) mass is 217 g/mol. The highest BCUT2D eigenvalue weighted by Crippen LogP contribution is 2.05. The summed E-state index contributed by atoms with van der Waals surface area (Å²) in [7, 11) is -1.78. The molecule has 6 heteroatoms. The third kappa shape index (κ3) is 2.81. The Balaban J connectivity index is 2.81. The Hall–Kier alpha value is -0.880. The molecule has 0 amide bonds. The number of hydrogen-bond donors (Lipinski definition) is 1. The lowest BCUT2D eigenvalue weighted by atomic mass is 10.4. The van der Waals surface area contributed by atoms with Crippen molar-refractivity contribution in [2.75, 3.05) is 7.05 Å². The second-order valence-electron chi connectivity index (χ2n) is 3.04. The number of nitrogens with zero attached hydrogens (tertiary/aromatic N) is 2. The van der Waals surface area contributed by atoms with Gasteiger partial charge in [-0.1, -0.05) is 6.92 Å². The van der Waals surface area contributed by atoms with Gasteiger partial charge in [0.2, 0.25) is 10.0 Å². The van der Waals surface area contributed by atoms with Gasteiger partial charge in [-0.05, 0) is 13.5 Å². The van der Waals surface area contributed by atoms with Crippen molar-refractivity contribution in [1.82, 2.24) is 14.3 Å². The summed E-state index contributed by atoms with van der Waals surface area (Å²) in [5.41, 5.74) is 0.723. The van der Waals surface area contributed by atoms with Gasteiger partial charge in [-0.25, -0.2) is 18.1 Å². The summed E-state index contributed by atoms with van der Waals surface area (Å²) in [4.78, 5) is 3.93. The summed E-state index contributed by atoms with van der Waals surface area (Å²) in [6, 6.07) is 0. The molecular weight excluding hydrogens is 202 g/mol. The second-order valence-corrected chi connectivity index (χ2v) is 4.97. The number of hydrogen-bond acceptors (Lipinski definition) is 3. The zero-order valence-corrected chi connectivity index (χ0v) is 9.21. The van der Waals surface area contributed by atoms with Crippen LogP contribution in [0, 0.1) is 0 Å². The summed E-state index contributed by atoms with van der Waals surface area (Å²) >= 11 is 0.